The van der Waals surface area contributed by atoms with Crippen LogP contribution in [0, 0.1) is 23.7 Å². The maximum atomic E-state index is 11.7. The number of fused-ring (bicyclic) bond motifs is 2. The number of allylic oxidation sites excluding steroid dienone is 3. The Kier molecular flexibility index (Phi) is 6.80. The molecule has 3 nitrogen and oxygen atoms in total. The lowest BCUT2D eigenvalue weighted by molar-refractivity contribution is -0.153. The van der Waals surface area contributed by atoms with Crippen molar-refractivity contribution in [1.29, 1.82) is 0 Å². The van der Waals surface area contributed by atoms with Crippen molar-refractivity contribution in [2.45, 2.75) is 65.9 Å². The Morgan fingerprint density at radius 1 is 1.40 bits per heavy atom. The Morgan fingerprint density at radius 3 is 2.72 bits per heavy atom. The molecule has 0 amide bonds. The standard InChI is InChI=1S/C22H32O3/c1-14(2)7-6-8-15(3)19-11-9-16(4)20-12-10-18(13-23)21(19)22(20)25-17(5)24/h7,10,13,15,19-22H,4,6,8-9,11-12H2,1-3,5H3/t15-,19+,20+,21-,22-/m1/s1. The zero-order valence-corrected chi connectivity index (χ0v) is 16.1. The lowest BCUT2D eigenvalue weighted by atomic mass is 9.68. The summed E-state index contributed by atoms with van der Waals surface area (Å²) in [5.74, 6) is 0.687. The summed E-state index contributed by atoms with van der Waals surface area (Å²) in [5, 5.41) is 0. The molecule has 0 aromatic heterocycles. The summed E-state index contributed by atoms with van der Waals surface area (Å²) >= 11 is 0. The van der Waals surface area contributed by atoms with Gasteiger partial charge in [0.25, 0.3) is 0 Å². The van der Waals surface area contributed by atoms with Crippen LogP contribution in [0.2, 0.25) is 0 Å². The van der Waals surface area contributed by atoms with E-state index in [0.29, 0.717) is 11.8 Å². The third-order valence-corrected chi connectivity index (χ3v) is 5.87. The fourth-order valence-electron chi connectivity index (χ4n) is 4.54. The second-order valence-corrected chi connectivity index (χ2v) is 7.96. The minimum Gasteiger partial charge on any atom is -0.461 e. The smallest absolute Gasteiger partial charge is 0.302 e. The molecule has 0 radical (unpaired) electrons. The number of ether oxygens (including phenoxy) is 1. The molecule has 1 fully saturated rings. The first-order valence-electron chi connectivity index (χ1n) is 9.48. The minimum absolute atomic E-state index is 0.00102. The van der Waals surface area contributed by atoms with Crippen molar-refractivity contribution in [3.63, 3.8) is 0 Å². The van der Waals surface area contributed by atoms with Gasteiger partial charge in [-0.2, -0.15) is 0 Å². The molecular formula is C22H32O3. The Morgan fingerprint density at radius 2 is 2.12 bits per heavy atom. The fourth-order valence-corrected chi connectivity index (χ4v) is 4.54. The van der Waals surface area contributed by atoms with Gasteiger partial charge in [0, 0.05) is 18.8 Å². The molecule has 2 aliphatic rings. The van der Waals surface area contributed by atoms with E-state index in [1.165, 1.54) is 12.5 Å². The monoisotopic (exact) mass is 344 g/mol. The predicted molar refractivity (Wildman–Crippen MR) is 101 cm³/mol. The van der Waals surface area contributed by atoms with Gasteiger partial charge in [0.1, 0.15) is 12.4 Å². The van der Waals surface area contributed by atoms with E-state index in [0.717, 1.165) is 49.5 Å². The van der Waals surface area contributed by atoms with Crippen LogP contribution in [0.5, 0.6) is 0 Å². The van der Waals surface area contributed by atoms with Gasteiger partial charge in [-0.15, -0.1) is 0 Å². The van der Waals surface area contributed by atoms with E-state index < -0.39 is 0 Å². The Bertz CT molecular complexity index is 580. The molecule has 0 N–H and O–H groups in total. The van der Waals surface area contributed by atoms with Gasteiger partial charge in [-0.3, -0.25) is 9.59 Å². The Hall–Kier alpha value is -1.64. The van der Waals surface area contributed by atoms with Crippen molar-refractivity contribution in [2.75, 3.05) is 0 Å². The molecule has 138 valence electrons. The number of hydrogen-bond donors (Lipinski definition) is 0. The molecule has 0 heterocycles. The fraction of sp³-hybridized carbons (Fsp3) is 0.636. The van der Waals surface area contributed by atoms with Crippen LogP contribution in [0.4, 0.5) is 0 Å². The molecule has 2 aliphatic carbocycles. The molecule has 3 heteroatoms. The molecule has 1 saturated carbocycles. The summed E-state index contributed by atoms with van der Waals surface area (Å²) in [7, 11) is 0. The highest BCUT2D eigenvalue weighted by atomic mass is 16.5. The van der Waals surface area contributed by atoms with Crippen molar-refractivity contribution >= 4 is 12.3 Å². The Labute approximate surface area is 152 Å². The molecule has 0 spiro atoms. The van der Waals surface area contributed by atoms with Gasteiger partial charge in [0.15, 0.2) is 0 Å². The summed E-state index contributed by atoms with van der Waals surface area (Å²) in [6, 6.07) is 0. The molecule has 0 aromatic rings. The zero-order valence-electron chi connectivity index (χ0n) is 16.1. The quantitative estimate of drug-likeness (QED) is 0.386. The Balaban J connectivity index is 2.31. The van der Waals surface area contributed by atoms with Crippen molar-refractivity contribution in [3.8, 4) is 0 Å². The van der Waals surface area contributed by atoms with Crippen LogP contribution in [-0.4, -0.2) is 18.4 Å². The van der Waals surface area contributed by atoms with Crippen LogP contribution in [-0.2, 0) is 14.3 Å². The van der Waals surface area contributed by atoms with E-state index in [2.05, 4.69) is 39.5 Å². The number of aldehydes is 1. The molecule has 0 unspecified atom stereocenters. The topological polar surface area (TPSA) is 43.4 Å². The highest BCUT2D eigenvalue weighted by molar-refractivity contribution is 5.75. The zero-order chi connectivity index (χ0) is 18.6. The molecule has 0 saturated heterocycles. The van der Waals surface area contributed by atoms with Gasteiger partial charge in [-0.05, 0) is 63.4 Å². The van der Waals surface area contributed by atoms with Crippen molar-refractivity contribution in [2.24, 2.45) is 23.7 Å². The molecule has 25 heavy (non-hydrogen) atoms. The third kappa shape index (κ3) is 4.71. The van der Waals surface area contributed by atoms with Crippen LogP contribution < -0.4 is 0 Å². The average Bonchev–Trinajstić information content (AvgIpc) is 2.62. The van der Waals surface area contributed by atoms with E-state index >= 15 is 0 Å². The summed E-state index contributed by atoms with van der Waals surface area (Å²) < 4.78 is 5.75. The van der Waals surface area contributed by atoms with E-state index in [4.69, 9.17) is 4.74 Å². The van der Waals surface area contributed by atoms with E-state index in [1.54, 1.807) is 0 Å². The molecule has 0 aromatic carbocycles. The highest BCUT2D eigenvalue weighted by Gasteiger charge is 2.45. The number of carbonyl (C=O) groups is 2. The van der Waals surface area contributed by atoms with Crippen LogP contribution in [0.1, 0.15) is 59.8 Å². The molecule has 5 atom stereocenters. The van der Waals surface area contributed by atoms with Gasteiger partial charge >= 0.3 is 5.97 Å². The van der Waals surface area contributed by atoms with Gasteiger partial charge in [0.2, 0.25) is 0 Å². The lowest BCUT2D eigenvalue weighted by Crippen LogP contribution is -2.41. The first-order chi connectivity index (χ1) is 11.8. The first-order valence-corrected chi connectivity index (χ1v) is 9.48. The summed E-state index contributed by atoms with van der Waals surface area (Å²) in [4.78, 5) is 23.4. The van der Waals surface area contributed by atoms with E-state index in [-0.39, 0.29) is 23.9 Å². The largest absolute Gasteiger partial charge is 0.461 e. The SMILES string of the molecule is C=C1CC[C@@H]([C@H](C)CCC=C(C)C)[C@H]2C(C=O)=CC[C@@H]1[C@H]2OC(C)=O. The predicted octanol–water partition coefficient (Wildman–Crippen LogP) is 5.03. The van der Waals surface area contributed by atoms with Crippen LogP contribution >= 0.6 is 0 Å². The van der Waals surface area contributed by atoms with E-state index in [9.17, 15) is 9.59 Å². The molecule has 2 rings (SSSR count). The maximum absolute atomic E-state index is 11.7. The maximum Gasteiger partial charge on any atom is 0.302 e. The van der Waals surface area contributed by atoms with Crippen molar-refractivity contribution in [1.82, 2.24) is 0 Å². The summed E-state index contributed by atoms with van der Waals surface area (Å²) in [6.07, 6.45) is 9.91. The van der Waals surface area contributed by atoms with Crippen molar-refractivity contribution < 1.29 is 14.3 Å². The summed E-state index contributed by atoms with van der Waals surface area (Å²) in [5.41, 5.74) is 3.32. The normalized spacial score (nSPS) is 29.9. The van der Waals surface area contributed by atoms with Crippen LogP contribution in [0.3, 0.4) is 0 Å². The lowest BCUT2D eigenvalue weighted by Gasteiger charge is -2.40. The van der Waals surface area contributed by atoms with Crippen molar-refractivity contribution in [3.05, 3.63) is 35.5 Å². The first kappa shape index (κ1) is 19.7. The second-order valence-electron chi connectivity index (χ2n) is 7.96. The van der Waals surface area contributed by atoms with E-state index in [1.807, 2.05) is 0 Å². The van der Waals surface area contributed by atoms with Gasteiger partial charge in [0.05, 0.1) is 0 Å². The van der Waals surface area contributed by atoms with Gasteiger partial charge in [-0.25, -0.2) is 0 Å². The highest BCUT2D eigenvalue weighted by Crippen LogP contribution is 2.47. The van der Waals surface area contributed by atoms with Gasteiger partial charge in [-0.1, -0.05) is 36.8 Å². The molecule has 2 bridgehead atoms. The third-order valence-electron chi connectivity index (χ3n) is 5.87. The summed E-state index contributed by atoms with van der Waals surface area (Å²) in [6.45, 7) is 12.2. The molecule has 0 aliphatic heterocycles. The van der Waals surface area contributed by atoms with Crippen LogP contribution in [0.25, 0.3) is 0 Å². The molecular weight excluding hydrogens is 312 g/mol. The minimum atomic E-state index is -0.266. The number of rotatable bonds is 6. The van der Waals surface area contributed by atoms with Crippen LogP contribution in [0.15, 0.2) is 35.5 Å². The average molecular weight is 344 g/mol. The second kappa shape index (κ2) is 8.64. The van der Waals surface area contributed by atoms with Gasteiger partial charge < -0.3 is 4.74 Å². The number of carbonyl (C=O) groups excluding carboxylic acids is 2. The number of hydrogen-bond acceptors (Lipinski definition) is 3. The number of esters is 1.